The average molecular weight is 326 g/mol. The third-order valence-corrected chi connectivity index (χ3v) is 3.66. The third kappa shape index (κ3) is 3.83. The number of hydrogen-bond donors (Lipinski definition) is 1. The van der Waals surface area contributed by atoms with Crippen molar-refractivity contribution in [2.45, 2.75) is 19.9 Å². The molecule has 0 saturated heterocycles. The fourth-order valence-electron chi connectivity index (χ4n) is 1.72. The van der Waals surface area contributed by atoms with E-state index in [0.29, 0.717) is 22.8 Å². The molecule has 0 bridgehead atoms. The molecule has 5 nitrogen and oxygen atoms in total. The predicted molar refractivity (Wildman–Crippen MR) is 83.0 cm³/mol. The lowest BCUT2D eigenvalue weighted by Gasteiger charge is -2.09. The van der Waals surface area contributed by atoms with Crippen LogP contribution in [0, 0.1) is 0 Å². The first kappa shape index (κ1) is 15.5. The highest BCUT2D eigenvalue weighted by atomic mass is 35.5. The molecule has 0 fully saturated rings. The molecule has 2 aromatic rings. The first-order chi connectivity index (χ1) is 10.0. The number of benzene rings is 1. The van der Waals surface area contributed by atoms with Crippen LogP contribution in [0.25, 0.3) is 0 Å². The Morgan fingerprint density at radius 2 is 2.14 bits per heavy atom. The van der Waals surface area contributed by atoms with Crippen molar-refractivity contribution >= 4 is 34.8 Å². The number of aromatic nitrogens is 2. The lowest BCUT2D eigenvalue weighted by molar-refractivity contribution is -0.116. The minimum Gasteiger partial charge on any atom is -0.323 e. The van der Waals surface area contributed by atoms with E-state index in [0.717, 1.165) is 0 Å². The summed E-state index contributed by atoms with van der Waals surface area (Å²) in [5, 5.41) is 3.22. The van der Waals surface area contributed by atoms with Gasteiger partial charge in [-0.05, 0) is 18.6 Å². The number of amides is 1. The van der Waals surface area contributed by atoms with Gasteiger partial charge in [0.15, 0.2) is 0 Å². The van der Waals surface area contributed by atoms with Crippen LogP contribution in [0.4, 0.5) is 5.69 Å². The van der Waals surface area contributed by atoms with Gasteiger partial charge in [0.2, 0.25) is 5.91 Å². The average Bonchev–Trinajstić information content (AvgIpc) is 2.46. The van der Waals surface area contributed by atoms with Crippen molar-refractivity contribution in [1.82, 2.24) is 9.55 Å². The Bertz CT molecular complexity index is 728. The molecule has 1 aromatic heterocycles. The van der Waals surface area contributed by atoms with Gasteiger partial charge in [0.05, 0.1) is 22.1 Å². The van der Waals surface area contributed by atoms with Crippen LogP contribution in [0.2, 0.25) is 10.0 Å². The first-order valence-electron chi connectivity index (χ1n) is 6.30. The second-order valence-corrected chi connectivity index (χ2v) is 5.13. The van der Waals surface area contributed by atoms with Gasteiger partial charge >= 0.3 is 0 Å². The van der Waals surface area contributed by atoms with E-state index in [1.54, 1.807) is 18.2 Å². The molecule has 110 valence electrons. The molecular weight excluding hydrogens is 313 g/mol. The largest absolute Gasteiger partial charge is 0.323 e. The Morgan fingerprint density at radius 3 is 2.81 bits per heavy atom. The molecule has 0 aliphatic carbocycles. The molecule has 1 heterocycles. The van der Waals surface area contributed by atoms with Crippen molar-refractivity contribution in [1.29, 1.82) is 0 Å². The highest BCUT2D eigenvalue weighted by Crippen LogP contribution is 2.29. The van der Waals surface area contributed by atoms with Gasteiger partial charge in [-0.1, -0.05) is 36.2 Å². The summed E-state index contributed by atoms with van der Waals surface area (Å²) >= 11 is 11.9. The van der Waals surface area contributed by atoms with Crippen LogP contribution >= 0.6 is 23.2 Å². The molecule has 0 spiro atoms. The van der Waals surface area contributed by atoms with Crippen LogP contribution in [0.3, 0.4) is 0 Å². The van der Waals surface area contributed by atoms with Crippen LogP contribution in [0.5, 0.6) is 0 Å². The fourth-order valence-corrected chi connectivity index (χ4v) is 2.07. The van der Waals surface area contributed by atoms with Gasteiger partial charge in [0, 0.05) is 11.8 Å². The van der Waals surface area contributed by atoms with Crippen molar-refractivity contribution < 1.29 is 4.79 Å². The second kappa shape index (κ2) is 6.74. The van der Waals surface area contributed by atoms with Crippen molar-refractivity contribution in [3.63, 3.8) is 0 Å². The summed E-state index contributed by atoms with van der Waals surface area (Å²) < 4.78 is 1.23. The summed E-state index contributed by atoms with van der Waals surface area (Å²) in [7, 11) is 0. The molecule has 0 atom stereocenters. The van der Waals surface area contributed by atoms with E-state index in [1.807, 2.05) is 6.92 Å². The fraction of sp³-hybridized carbons (Fsp3) is 0.214. The molecule has 1 aromatic carbocycles. The number of carbonyl (C=O) groups is 1. The minimum atomic E-state index is -0.382. The summed E-state index contributed by atoms with van der Waals surface area (Å²) in [6.45, 7) is 1.76. The SMILES string of the molecule is CCc1cc(=O)n(CC(=O)Nc2cccc(Cl)c2Cl)cn1. The normalized spacial score (nSPS) is 10.4. The maximum absolute atomic E-state index is 12.0. The number of nitrogens with one attached hydrogen (secondary N) is 1. The smallest absolute Gasteiger partial charge is 0.253 e. The monoisotopic (exact) mass is 325 g/mol. The Balaban J connectivity index is 2.12. The number of aryl methyl sites for hydroxylation is 1. The van der Waals surface area contributed by atoms with Gasteiger partial charge in [0.25, 0.3) is 5.56 Å². The standard InChI is InChI=1S/C14H13Cl2N3O2/c1-2-9-6-13(21)19(8-17-9)7-12(20)18-11-5-3-4-10(15)14(11)16/h3-6,8H,2,7H2,1H3,(H,18,20). The van der Waals surface area contributed by atoms with Crippen LogP contribution in [-0.4, -0.2) is 15.5 Å². The van der Waals surface area contributed by atoms with Crippen LogP contribution in [0.15, 0.2) is 35.4 Å². The van der Waals surface area contributed by atoms with E-state index < -0.39 is 0 Å². The number of rotatable bonds is 4. The molecular formula is C14H13Cl2N3O2. The van der Waals surface area contributed by atoms with E-state index in [9.17, 15) is 9.59 Å². The summed E-state index contributed by atoms with van der Waals surface area (Å²) in [4.78, 5) is 27.8. The number of anilines is 1. The molecule has 0 radical (unpaired) electrons. The zero-order valence-corrected chi connectivity index (χ0v) is 12.8. The van der Waals surface area contributed by atoms with Crippen LogP contribution in [0.1, 0.15) is 12.6 Å². The van der Waals surface area contributed by atoms with Gasteiger partial charge in [-0.15, -0.1) is 0 Å². The Kier molecular flexibility index (Phi) is 4.98. The van der Waals surface area contributed by atoms with E-state index in [2.05, 4.69) is 10.3 Å². The maximum atomic E-state index is 12.0. The van der Waals surface area contributed by atoms with E-state index in [4.69, 9.17) is 23.2 Å². The zero-order chi connectivity index (χ0) is 15.4. The Labute approximate surface area is 131 Å². The Hall–Kier alpha value is -1.85. The van der Waals surface area contributed by atoms with Gasteiger partial charge in [0.1, 0.15) is 6.54 Å². The molecule has 0 saturated carbocycles. The number of nitrogens with zero attached hydrogens (tertiary/aromatic N) is 2. The maximum Gasteiger partial charge on any atom is 0.253 e. The molecule has 21 heavy (non-hydrogen) atoms. The summed E-state index contributed by atoms with van der Waals surface area (Å²) in [6, 6.07) is 6.35. The summed E-state index contributed by atoms with van der Waals surface area (Å²) in [5.41, 5.74) is 0.823. The highest BCUT2D eigenvalue weighted by molar-refractivity contribution is 6.43. The topological polar surface area (TPSA) is 64.0 Å². The van der Waals surface area contributed by atoms with Crippen molar-refractivity contribution in [3.05, 3.63) is 56.7 Å². The third-order valence-electron chi connectivity index (χ3n) is 2.84. The first-order valence-corrected chi connectivity index (χ1v) is 7.06. The van der Waals surface area contributed by atoms with Gasteiger partial charge < -0.3 is 5.32 Å². The van der Waals surface area contributed by atoms with E-state index in [1.165, 1.54) is 17.0 Å². The lowest BCUT2D eigenvalue weighted by atomic mass is 10.3. The lowest BCUT2D eigenvalue weighted by Crippen LogP contribution is -2.27. The summed E-state index contributed by atoms with van der Waals surface area (Å²) in [5.74, 6) is -0.382. The quantitative estimate of drug-likeness (QED) is 0.940. The van der Waals surface area contributed by atoms with E-state index >= 15 is 0 Å². The predicted octanol–water partition coefficient (Wildman–Crippen LogP) is 2.75. The van der Waals surface area contributed by atoms with Crippen molar-refractivity contribution in [2.75, 3.05) is 5.32 Å². The van der Waals surface area contributed by atoms with Crippen LogP contribution < -0.4 is 10.9 Å². The molecule has 0 aliphatic heterocycles. The highest BCUT2D eigenvalue weighted by Gasteiger charge is 2.10. The molecule has 1 N–H and O–H groups in total. The zero-order valence-electron chi connectivity index (χ0n) is 11.3. The Morgan fingerprint density at radius 1 is 1.38 bits per heavy atom. The van der Waals surface area contributed by atoms with Crippen molar-refractivity contribution in [3.8, 4) is 0 Å². The van der Waals surface area contributed by atoms with Crippen molar-refractivity contribution in [2.24, 2.45) is 0 Å². The van der Waals surface area contributed by atoms with Gasteiger partial charge in [-0.2, -0.15) is 0 Å². The number of hydrogen-bond acceptors (Lipinski definition) is 3. The number of halogens is 2. The second-order valence-electron chi connectivity index (χ2n) is 4.35. The molecule has 0 unspecified atom stereocenters. The van der Waals surface area contributed by atoms with Gasteiger partial charge in [-0.25, -0.2) is 4.98 Å². The number of carbonyl (C=O) groups excluding carboxylic acids is 1. The van der Waals surface area contributed by atoms with E-state index in [-0.39, 0.29) is 23.0 Å². The van der Waals surface area contributed by atoms with Gasteiger partial charge in [-0.3, -0.25) is 14.2 Å². The molecule has 7 heteroatoms. The molecule has 0 aliphatic rings. The van der Waals surface area contributed by atoms with Crippen LogP contribution in [-0.2, 0) is 17.8 Å². The summed E-state index contributed by atoms with van der Waals surface area (Å²) in [6.07, 6.45) is 2.03. The molecule has 1 amide bonds. The minimum absolute atomic E-state index is 0.140. The molecule has 2 rings (SSSR count).